The first-order valence-corrected chi connectivity index (χ1v) is 49.6. The normalized spacial score (nSPS) is 21.3. The minimum Gasteiger partial charge on any atom is -0.396 e. The number of primary amides is 1. The summed E-state index contributed by atoms with van der Waals surface area (Å²) in [4.78, 5) is 65.1. The Morgan fingerprint density at radius 3 is 1.06 bits per heavy atom. The zero-order valence-electron chi connectivity index (χ0n) is 81.1. The van der Waals surface area contributed by atoms with Crippen molar-refractivity contribution in [2.45, 2.75) is 186 Å². The molecule has 37 heteroatoms. The summed E-state index contributed by atoms with van der Waals surface area (Å²) in [6.45, 7) is 21.1. The number of carbonyl (C=O) groups is 4. The molecule has 12 aliphatic heterocycles. The van der Waals surface area contributed by atoms with Gasteiger partial charge in [0.2, 0.25) is 17.7 Å². The number of hydrogen-bond acceptors (Lipinski definition) is 22. The van der Waals surface area contributed by atoms with E-state index in [1.807, 2.05) is 87.2 Å². The van der Waals surface area contributed by atoms with Crippen LogP contribution >= 0.6 is 0 Å². The molecule has 5 amide bonds. The van der Waals surface area contributed by atoms with Crippen molar-refractivity contribution in [1.29, 1.82) is 0 Å². The number of benzene rings is 4. The number of anilines is 8. The van der Waals surface area contributed by atoms with Crippen LogP contribution in [0.4, 0.5) is 59.6 Å². The first-order valence-electron chi connectivity index (χ1n) is 49.6. The lowest BCUT2D eigenvalue weighted by atomic mass is 9.88. The smallest absolute Gasteiger partial charge is 0.315 e. The number of hydrogen-bond donors (Lipinski definition) is 3. The Morgan fingerprint density at radius 1 is 0.400 bits per heavy atom. The van der Waals surface area contributed by atoms with Crippen molar-refractivity contribution < 1.29 is 57.1 Å². The number of aliphatic hydroxyl groups excluding tert-OH is 2. The van der Waals surface area contributed by atoms with Gasteiger partial charge >= 0.3 is 6.03 Å². The second kappa shape index (κ2) is 39.3. The number of carbonyl (C=O) groups excluding carboxylic acids is 4. The first kappa shape index (κ1) is 93.4. The highest BCUT2D eigenvalue weighted by Crippen LogP contribution is 2.51. The Morgan fingerprint density at radius 2 is 0.736 bits per heavy atom. The molecule has 4 saturated heterocycles. The van der Waals surface area contributed by atoms with Gasteiger partial charge in [-0.05, 0) is 157 Å². The van der Waals surface area contributed by atoms with Crippen LogP contribution in [0.3, 0.4) is 0 Å². The van der Waals surface area contributed by atoms with E-state index in [1.165, 1.54) is 39.5 Å². The lowest BCUT2D eigenvalue weighted by Gasteiger charge is -2.35. The summed E-state index contributed by atoms with van der Waals surface area (Å²) in [6, 6.07) is 23.6. The van der Waals surface area contributed by atoms with E-state index in [1.54, 1.807) is 65.2 Å². The number of nitrogens with two attached hydrogens (primary N) is 1. The topological polar surface area (TPSA) is 340 Å². The van der Waals surface area contributed by atoms with Crippen LogP contribution in [0.1, 0.15) is 200 Å². The Labute approximate surface area is 811 Å². The van der Waals surface area contributed by atoms with Crippen LogP contribution in [-0.4, -0.2) is 250 Å². The number of nitrogens with zero attached hydrogens (tertiary/aromatic N) is 24. The molecule has 35 nitrogen and oxygen atoms in total. The summed E-state index contributed by atoms with van der Waals surface area (Å²) in [5.41, 5.74) is 31.4. The minimum atomic E-state index is -2.64. The van der Waals surface area contributed by atoms with Crippen LogP contribution in [0.2, 0.25) is 0 Å². The van der Waals surface area contributed by atoms with Crippen molar-refractivity contribution in [2.24, 2.45) is 33.9 Å². The summed E-state index contributed by atoms with van der Waals surface area (Å²) < 4.78 is 67.0. The lowest BCUT2D eigenvalue weighted by Crippen LogP contribution is -2.40. The van der Waals surface area contributed by atoms with Gasteiger partial charge in [0.15, 0.2) is 23.3 Å². The number of amides is 5. The number of aliphatic hydroxyl groups is 2. The quantitative estimate of drug-likeness (QED) is 0.0858. The summed E-state index contributed by atoms with van der Waals surface area (Å²) in [7, 11) is 7.56. The van der Waals surface area contributed by atoms with Crippen molar-refractivity contribution in [3.05, 3.63) is 189 Å². The zero-order valence-corrected chi connectivity index (χ0v) is 81.1. The molecule has 12 aliphatic rings. The van der Waals surface area contributed by atoms with Gasteiger partial charge < -0.3 is 74.1 Å². The third-order valence-corrected chi connectivity index (χ3v) is 30.7. The van der Waals surface area contributed by atoms with Crippen molar-refractivity contribution in [3.63, 3.8) is 0 Å². The van der Waals surface area contributed by atoms with Gasteiger partial charge in [-0.1, -0.05) is 25.1 Å². The highest BCUT2D eigenvalue weighted by molar-refractivity contribution is 5.83. The van der Waals surface area contributed by atoms with E-state index in [2.05, 4.69) is 117 Å². The zero-order chi connectivity index (χ0) is 96.6. The number of halogens is 2. The lowest BCUT2D eigenvalue weighted by molar-refractivity contribution is -0.130. The molecule has 4 N–H and O–H groups in total. The number of alkyl halides is 2. The van der Waals surface area contributed by atoms with Gasteiger partial charge in [0.25, 0.3) is 6.43 Å². The highest BCUT2D eigenvalue weighted by Gasteiger charge is 2.43. The van der Waals surface area contributed by atoms with Crippen molar-refractivity contribution in [2.75, 3.05) is 138 Å². The molecule has 0 bridgehead atoms. The van der Waals surface area contributed by atoms with Crippen LogP contribution in [0.15, 0.2) is 116 Å². The van der Waals surface area contributed by atoms with Crippen LogP contribution in [0.25, 0.3) is 44.5 Å². The van der Waals surface area contributed by atoms with E-state index < -0.39 is 12.5 Å². The second-order valence-corrected chi connectivity index (χ2v) is 39.5. The molecule has 140 heavy (non-hydrogen) atoms. The molecule has 0 saturated carbocycles. The van der Waals surface area contributed by atoms with Gasteiger partial charge in [-0.3, -0.25) is 51.8 Å². The average Bonchev–Trinajstić information content (AvgIpc) is 1.64. The fraction of sp³-hybridized carbons (Fsp3) is 0.495. The van der Waals surface area contributed by atoms with Gasteiger partial charge in [0.1, 0.15) is 0 Å². The van der Waals surface area contributed by atoms with Crippen LogP contribution in [0.5, 0.6) is 0 Å². The monoisotopic (exact) mass is 1910 g/mol. The molecule has 24 rings (SSSR count). The summed E-state index contributed by atoms with van der Waals surface area (Å²) in [5, 5.41) is 58.1. The van der Waals surface area contributed by atoms with Gasteiger partial charge in [0, 0.05) is 286 Å². The van der Waals surface area contributed by atoms with Crippen molar-refractivity contribution in [3.8, 4) is 44.5 Å². The Balaban J connectivity index is 0.000000111. The van der Waals surface area contributed by atoms with Crippen LogP contribution in [0, 0.1) is 0 Å². The fourth-order valence-corrected chi connectivity index (χ4v) is 23.0. The molecule has 12 aromatic rings. The maximum atomic E-state index is 14.3. The standard InChI is InChI=1S/2C26H32N6O3.C26H32N6O2.C25H29F2N7O2/c2*1-17(34)30-8-6-25-23(14-30)26(28-32(25)21-7-10-35-16-21)31-9-5-19(15-33)22-11-18(3-4-24(22)31)20-12-27-29(2)13-20;1-17-6-10-31(24-5-4-19(12-22(17)24)20-13-27-29(3)14-20)26-23-15-30(18(2)33)9-7-25(23)32(28-26)21-8-11-34-16-21;1-31-12-16(11-29-31)18-9-15-3-2-6-33(22(15)10-19(18)23(26)27)24-20-13-32(25(28)35)7-4-21(20)34(30-24)17-5-8-36-14-17/h2*3-4,11-13,19,21,33H,5-10,14-16H2,1-2H3;4-5,12-14,17,21H,6-11,15-16H2,1-3H3;9-12,17,23H,2-8,13-14H2,1H3,(H2,28,35)/t19-,21+;19-,21-;17-,21+;17-/m1010/s1. The molecule has 4 aromatic carbocycles. The van der Waals surface area contributed by atoms with Crippen LogP contribution < -0.4 is 25.3 Å². The third kappa shape index (κ3) is 18.0. The number of aromatic nitrogens is 16. The van der Waals surface area contributed by atoms with Gasteiger partial charge in [-0.25, -0.2) is 13.6 Å². The van der Waals surface area contributed by atoms with E-state index in [-0.39, 0.29) is 72.5 Å². The Bertz CT molecular complexity index is 6440. The number of fused-ring (bicyclic) bond motifs is 8. The Kier molecular flexibility index (Phi) is 26.2. The first-order chi connectivity index (χ1) is 68.0. The highest BCUT2D eigenvalue weighted by atomic mass is 19.3. The second-order valence-electron chi connectivity index (χ2n) is 39.5. The van der Waals surface area contributed by atoms with E-state index in [0.717, 1.165) is 243 Å². The maximum absolute atomic E-state index is 14.3. The van der Waals surface area contributed by atoms with E-state index in [4.69, 9.17) is 45.1 Å². The predicted molar refractivity (Wildman–Crippen MR) is 523 cm³/mol. The molecule has 7 atom stereocenters. The SMILES string of the molecule is CC(=O)N1CCc2c(c(N3CC[C@@H](C)c4cc(-c5cnn(C)c5)ccc43)nn2[C@H]2CCOC2)C1.CC(=O)N1CCc2c(c(N3CC[C@@H](CO)c4cc(-c5cnn(C)c5)ccc43)nn2[C@H]2CCOC2)C1.CC(=O)N1CCc2c(c(N3CC[C@H](CO)c4cc(-c5cnn(C)c5)ccc43)nn2[C@H]2CCOC2)C1.Cn1cc(-c2cc3c(cc2C(F)F)N(c2nn([C@H]4CCOC4)c4c2CN(C(N)=O)CC4)CCC3)cn1. The minimum absolute atomic E-state index is 0.0232. The molecule has 20 heterocycles. The average molecular weight is 1910 g/mol. The van der Waals surface area contributed by atoms with Crippen LogP contribution in [-0.2, 0) is 120 Å². The van der Waals surface area contributed by atoms with Gasteiger partial charge in [-0.2, -0.15) is 40.8 Å². The number of urea groups is 1. The molecule has 0 radical (unpaired) electrons. The summed E-state index contributed by atoms with van der Waals surface area (Å²) in [6.07, 6.45) is 23.7. The fourth-order valence-electron chi connectivity index (χ4n) is 23.0. The largest absolute Gasteiger partial charge is 0.396 e. The molecule has 0 unspecified atom stereocenters. The molecular weight excluding hydrogens is 1790 g/mol. The maximum Gasteiger partial charge on any atom is 0.315 e. The van der Waals surface area contributed by atoms with Gasteiger partial charge in [-0.15, -0.1) is 0 Å². The molecule has 0 aliphatic carbocycles. The molecular formula is C103H125F2N25O10. The number of ether oxygens (including phenoxy) is 4. The number of aryl methyl sites for hydroxylation is 5. The summed E-state index contributed by atoms with van der Waals surface area (Å²) in [5.74, 6) is 4.54. The molecule has 8 aromatic heterocycles. The molecule has 736 valence electrons. The predicted octanol–water partition coefficient (Wildman–Crippen LogP) is 13.0. The van der Waals surface area contributed by atoms with E-state index in [0.29, 0.717) is 95.8 Å². The Hall–Kier alpha value is -12.9. The molecule has 4 fully saturated rings. The van der Waals surface area contributed by atoms with E-state index >= 15 is 0 Å². The number of rotatable bonds is 15. The van der Waals surface area contributed by atoms with Gasteiger partial charge in [0.05, 0.1) is 115 Å². The van der Waals surface area contributed by atoms with E-state index in [9.17, 15) is 38.2 Å². The molecule has 0 spiro atoms. The van der Waals surface area contributed by atoms with Crippen molar-refractivity contribution >= 4 is 69.8 Å². The van der Waals surface area contributed by atoms with Crippen molar-refractivity contribution in [1.82, 2.24) is 97.8 Å². The third-order valence-electron chi connectivity index (χ3n) is 30.7. The summed E-state index contributed by atoms with van der Waals surface area (Å²) >= 11 is 0.